The Morgan fingerprint density at radius 3 is 2.73 bits per heavy atom. The van der Waals surface area contributed by atoms with Gasteiger partial charge in [-0.05, 0) is 24.1 Å². The Kier molecular flexibility index (Phi) is 1.81. The van der Waals surface area contributed by atoms with Gasteiger partial charge in [0.25, 0.3) is 0 Å². The van der Waals surface area contributed by atoms with E-state index in [4.69, 9.17) is 14.7 Å². The minimum absolute atomic E-state index is 0.201. The lowest BCUT2D eigenvalue weighted by atomic mass is 10.1. The van der Waals surface area contributed by atoms with Crippen molar-refractivity contribution in [3.63, 3.8) is 0 Å². The maximum Gasteiger partial charge on any atom is 0.161 e. The summed E-state index contributed by atoms with van der Waals surface area (Å²) in [6.45, 7) is 1.24. The molecule has 1 aliphatic heterocycles. The van der Waals surface area contributed by atoms with Gasteiger partial charge in [-0.15, -0.1) is 0 Å². The standard InChI is InChI=1S/C12H11NO2/c13-7-9-5-10(9)8-1-2-11-12(6-8)15-4-3-14-11/h1-2,6,9-10H,3-5H2. The van der Waals surface area contributed by atoms with E-state index in [9.17, 15) is 0 Å². The molecule has 1 aliphatic carbocycles. The second-order valence-corrected chi connectivity index (χ2v) is 3.98. The molecule has 0 N–H and O–H groups in total. The third kappa shape index (κ3) is 1.42. The van der Waals surface area contributed by atoms with E-state index in [1.54, 1.807) is 0 Å². The Hall–Kier alpha value is -1.69. The van der Waals surface area contributed by atoms with Crippen molar-refractivity contribution in [3.05, 3.63) is 23.8 Å². The SMILES string of the molecule is N#CC1CC1c1ccc2c(c1)OCCO2. The van der Waals surface area contributed by atoms with Gasteiger partial charge in [-0.3, -0.25) is 0 Å². The second kappa shape index (κ2) is 3.16. The summed E-state index contributed by atoms with van der Waals surface area (Å²) in [6.07, 6.45) is 0.982. The summed E-state index contributed by atoms with van der Waals surface area (Å²) >= 11 is 0. The number of hydrogen-bond donors (Lipinski definition) is 0. The van der Waals surface area contributed by atoms with Gasteiger partial charge in [0.15, 0.2) is 11.5 Å². The molecule has 0 saturated heterocycles. The Bertz CT molecular complexity index is 436. The van der Waals surface area contributed by atoms with E-state index in [1.807, 2.05) is 18.2 Å². The maximum atomic E-state index is 8.77. The fourth-order valence-electron chi connectivity index (χ4n) is 2.00. The lowest BCUT2D eigenvalue weighted by Crippen LogP contribution is -2.15. The Morgan fingerprint density at radius 2 is 2.00 bits per heavy atom. The third-order valence-corrected chi connectivity index (χ3v) is 2.95. The number of fused-ring (bicyclic) bond motifs is 1. The molecule has 1 saturated carbocycles. The van der Waals surface area contributed by atoms with Crippen molar-refractivity contribution in [2.75, 3.05) is 13.2 Å². The van der Waals surface area contributed by atoms with Crippen molar-refractivity contribution in [2.24, 2.45) is 5.92 Å². The van der Waals surface area contributed by atoms with Gasteiger partial charge >= 0.3 is 0 Å². The van der Waals surface area contributed by atoms with E-state index in [0.29, 0.717) is 19.1 Å². The summed E-state index contributed by atoms with van der Waals surface area (Å²) in [4.78, 5) is 0. The Balaban J connectivity index is 1.89. The first-order valence-corrected chi connectivity index (χ1v) is 5.17. The molecule has 2 unspecified atom stereocenters. The van der Waals surface area contributed by atoms with Crippen LogP contribution in [-0.2, 0) is 0 Å². The molecule has 76 valence electrons. The van der Waals surface area contributed by atoms with Crippen LogP contribution in [0.4, 0.5) is 0 Å². The highest BCUT2D eigenvalue weighted by Crippen LogP contribution is 2.48. The van der Waals surface area contributed by atoms with Crippen LogP contribution in [0.2, 0.25) is 0 Å². The molecule has 0 spiro atoms. The molecule has 0 radical (unpaired) electrons. The average molecular weight is 201 g/mol. The first-order chi connectivity index (χ1) is 7.38. The van der Waals surface area contributed by atoms with Crippen molar-refractivity contribution < 1.29 is 9.47 Å². The van der Waals surface area contributed by atoms with Crippen LogP contribution < -0.4 is 9.47 Å². The van der Waals surface area contributed by atoms with Crippen LogP contribution in [0, 0.1) is 17.2 Å². The Morgan fingerprint density at radius 1 is 1.20 bits per heavy atom. The monoisotopic (exact) mass is 201 g/mol. The van der Waals surface area contributed by atoms with E-state index < -0.39 is 0 Å². The van der Waals surface area contributed by atoms with Crippen molar-refractivity contribution in [3.8, 4) is 17.6 Å². The number of hydrogen-bond acceptors (Lipinski definition) is 3. The minimum Gasteiger partial charge on any atom is -0.486 e. The fraction of sp³-hybridized carbons (Fsp3) is 0.417. The Labute approximate surface area is 88.2 Å². The van der Waals surface area contributed by atoms with Gasteiger partial charge in [0.05, 0.1) is 12.0 Å². The van der Waals surface area contributed by atoms with Gasteiger partial charge in [-0.2, -0.15) is 5.26 Å². The minimum atomic E-state index is 0.201. The zero-order valence-electron chi connectivity index (χ0n) is 8.27. The predicted molar refractivity (Wildman–Crippen MR) is 53.9 cm³/mol. The number of ether oxygens (including phenoxy) is 2. The fourth-order valence-corrected chi connectivity index (χ4v) is 2.00. The largest absolute Gasteiger partial charge is 0.486 e. The molecule has 0 bridgehead atoms. The van der Waals surface area contributed by atoms with Gasteiger partial charge in [0.2, 0.25) is 0 Å². The van der Waals surface area contributed by atoms with E-state index in [-0.39, 0.29) is 5.92 Å². The zero-order chi connectivity index (χ0) is 10.3. The molecule has 3 heteroatoms. The number of nitriles is 1. The van der Waals surface area contributed by atoms with Crippen LogP contribution in [0.15, 0.2) is 18.2 Å². The summed E-state index contributed by atoms with van der Waals surface area (Å²) in [5.41, 5.74) is 1.20. The molecule has 3 rings (SSSR count). The molecule has 1 heterocycles. The first-order valence-electron chi connectivity index (χ1n) is 5.17. The summed E-state index contributed by atoms with van der Waals surface area (Å²) < 4.78 is 10.9. The molecule has 0 aromatic heterocycles. The molecule has 2 atom stereocenters. The van der Waals surface area contributed by atoms with Gasteiger partial charge in [0.1, 0.15) is 13.2 Å². The van der Waals surface area contributed by atoms with Crippen LogP contribution in [0.1, 0.15) is 17.9 Å². The summed E-state index contributed by atoms with van der Waals surface area (Å²) in [6, 6.07) is 8.28. The van der Waals surface area contributed by atoms with Crippen LogP contribution in [0.3, 0.4) is 0 Å². The van der Waals surface area contributed by atoms with Crippen LogP contribution >= 0.6 is 0 Å². The van der Waals surface area contributed by atoms with Gasteiger partial charge in [0, 0.05) is 5.92 Å². The van der Waals surface area contributed by atoms with Crippen LogP contribution in [0.5, 0.6) is 11.5 Å². The van der Waals surface area contributed by atoms with Crippen LogP contribution in [0.25, 0.3) is 0 Å². The van der Waals surface area contributed by atoms with Gasteiger partial charge < -0.3 is 9.47 Å². The molecule has 2 aliphatic rings. The summed E-state index contributed by atoms with van der Waals surface area (Å²) in [5.74, 6) is 2.25. The predicted octanol–water partition coefficient (Wildman–Crippen LogP) is 2.08. The maximum absolute atomic E-state index is 8.77. The summed E-state index contributed by atoms with van der Waals surface area (Å²) in [5, 5.41) is 8.77. The normalized spacial score (nSPS) is 26.9. The lowest BCUT2D eigenvalue weighted by Gasteiger charge is -2.18. The number of nitrogens with zero attached hydrogens (tertiary/aromatic N) is 1. The molecule has 0 amide bonds. The zero-order valence-corrected chi connectivity index (χ0v) is 8.27. The average Bonchev–Trinajstić information content (AvgIpc) is 3.08. The number of rotatable bonds is 1. The topological polar surface area (TPSA) is 42.2 Å². The van der Waals surface area contributed by atoms with Crippen molar-refractivity contribution in [1.82, 2.24) is 0 Å². The van der Waals surface area contributed by atoms with Crippen molar-refractivity contribution >= 4 is 0 Å². The molecule has 3 nitrogen and oxygen atoms in total. The summed E-state index contributed by atoms with van der Waals surface area (Å²) in [7, 11) is 0. The lowest BCUT2D eigenvalue weighted by molar-refractivity contribution is 0.171. The van der Waals surface area contributed by atoms with Gasteiger partial charge in [-0.1, -0.05) is 6.07 Å². The van der Waals surface area contributed by atoms with E-state index >= 15 is 0 Å². The van der Waals surface area contributed by atoms with Crippen molar-refractivity contribution in [2.45, 2.75) is 12.3 Å². The highest BCUT2D eigenvalue weighted by atomic mass is 16.6. The molecular formula is C12H11NO2. The van der Waals surface area contributed by atoms with Gasteiger partial charge in [-0.25, -0.2) is 0 Å². The molecule has 1 aromatic rings. The van der Waals surface area contributed by atoms with E-state index in [0.717, 1.165) is 17.9 Å². The highest BCUT2D eigenvalue weighted by molar-refractivity contribution is 5.46. The van der Waals surface area contributed by atoms with Crippen LogP contribution in [-0.4, -0.2) is 13.2 Å². The third-order valence-electron chi connectivity index (χ3n) is 2.95. The smallest absolute Gasteiger partial charge is 0.161 e. The molecular weight excluding hydrogens is 190 g/mol. The molecule has 15 heavy (non-hydrogen) atoms. The molecule has 1 fully saturated rings. The second-order valence-electron chi connectivity index (χ2n) is 3.98. The van der Waals surface area contributed by atoms with E-state index in [2.05, 4.69) is 6.07 Å². The van der Waals surface area contributed by atoms with Crippen molar-refractivity contribution in [1.29, 1.82) is 5.26 Å². The molecule has 1 aromatic carbocycles. The van der Waals surface area contributed by atoms with E-state index in [1.165, 1.54) is 5.56 Å². The quantitative estimate of drug-likeness (QED) is 0.698. The first kappa shape index (κ1) is 8.60. The highest BCUT2D eigenvalue weighted by Gasteiger charge is 2.38. The number of benzene rings is 1.